The predicted octanol–water partition coefficient (Wildman–Crippen LogP) is 4.43. The van der Waals surface area contributed by atoms with Crippen LogP contribution in [0.1, 0.15) is 50.7 Å². The summed E-state index contributed by atoms with van der Waals surface area (Å²) in [6.45, 7) is 5.87. The van der Waals surface area contributed by atoms with Crippen LogP contribution in [-0.2, 0) is 6.42 Å². The van der Waals surface area contributed by atoms with E-state index in [4.69, 9.17) is 0 Å². The van der Waals surface area contributed by atoms with Gasteiger partial charge in [-0.15, -0.1) is 0 Å². The molecule has 84 valence electrons. The van der Waals surface area contributed by atoms with Crippen molar-refractivity contribution in [1.29, 1.82) is 0 Å². The van der Waals surface area contributed by atoms with Gasteiger partial charge in [-0.3, -0.25) is 0 Å². The van der Waals surface area contributed by atoms with E-state index in [1.54, 1.807) is 0 Å². The Morgan fingerprint density at radius 1 is 1.13 bits per heavy atom. The van der Waals surface area contributed by atoms with Crippen LogP contribution in [0.5, 0.6) is 0 Å². The summed E-state index contributed by atoms with van der Waals surface area (Å²) < 4.78 is 27.1. The van der Waals surface area contributed by atoms with Gasteiger partial charge in [0.05, 0.1) is 0 Å². The number of benzene rings is 1. The van der Waals surface area contributed by atoms with Crippen molar-refractivity contribution in [2.24, 2.45) is 0 Å². The van der Waals surface area contributed by atoms with E-state index in [1.807, 2.05) is 20.8 Å². The zero-order valence-corrected chi connectivity index (χ0v) is 9.61. The van der Waals surface area contributed by atoms with Crippen LogP contribution in [0.25, 0.3) is 0 Å². The van der Waals surface area contributed by atoms with Gasteiger partial charge in [0, 0.05) is 5.56 Å². The molecule has 0 amide bonds. The Labute approximate surface area is 90.3 Å². The zero-order valence-electron chi connectivity index (χ0n) is 9.61. The molecule has 0 unspecified atom stereocenters. The largest absolute Gasteiger partial charge is 0.207 e. The van der Waals surface area contributed by atoms with Crippen molar-refractivity contribution in [3.63, 3.8) is 0 Å². The first-order valence-electron chi connectivity index (χ1n) is 5.54. The fourth-order valence-electron chi connectivity index (χ4n) is 1.55. The maximum atomic E-state index is 13.6. The van der Waals surface area contributed by atoms with Crippen LogP contribution in [0.2, 0.25) is 0 Å². The Morgan fingerprint density at radius 3 is 2.07 bits per heavy atom. The molecule has 15 heavy (non-hydrogen) atoms. The number of hydrogen-bond acceptors (Lipinski definition) is 0. The van der Waals surface area contributed by atoms with Gasteiger partial charge < -0.3 is 0 Å². The van der Waals surface area contributed by atoms with Crippen LogP contribution >= 0.6 is 0 Å². The first kappa shape index (κ1) is 12.2. The van der Waals surface area contributed by atoms with Crippen molar-refractivity contribution >= 4 is 0 Å². The first-order valence-corrected chi connectivity index (χ1v) is 5.54. The minimum atomic E-state index is -0.396. The molecule has 0 aliphatic carbocycles. The molecule has 0 nitrogen and oxygen atoms in total. The molecule has 0 bridgehead atoms. The lowest BCUT2D eigenvalue weighted by Gasteiger charge is -2.10. The van der Waals surface area contributed by atoms with Crippen LogP contribution in [0.15, 0.2) is 12.1 Å². The molecule has 2 heteroatoms. The quantitative estimate of drug-likeness (QED) is 0.692. The highest BCUT2D eigenvalue weighted by Crippen LogP contribution is 2.22. The third kappa shape index (κ3) is 3.01. The van der Waals surface area contributed by atoms with E-state index < -0.39 is 11.6 Å². The van der Waals surface area contributed by atoms with Crippen molar-refractivity contribution in [2.45, 2.75) is 46.0 Å². The lowest BCUT2D eigenvalue weighted by molar-refractivity contribution is 0.544. The van der Waals surface area contributed by atoms with Gasteiger partial charge >= 0.3 is 0 Å². The molecule has 0 heterocycles. The van der Waals surface area contributed by atoms with E-state index in [9.17, 15) is 8.78 Å². The molecule has 0 aliphatic heterocycles. The second-order valence-corrected chi connectivity index (χ2v) is 4.22. The fourth-order valence-corrected chi connectivity index (χ4v) is 1.55. The molecule has 0 fully saturated rings. The van der Waals surface area contributed by atoms with E-state index in [1.165, 1.54) is 12.1 Å². The molecule has 0 N–H and O–H groups in total. The third-order valence-corrected chi connectivity index (χ3v) is 2.61. The van der Waals surface area contributed by atoms with Crippen molar-refractivity contribution in [3.05, 3.63) is 34.9 Å². The van der Waals surface area contributed by atoms with E-state index in [2.05, 4.69) is 0 Å². The number of unbranched alkanes of at least 4 members (excludes halogenated alkanes) is 1. The summed E-state index contributed by atoms with van der Waals surface area (Å²) in [5, 5.41) is 0. The van der Waals surface area contributed by atoms with Gasteiger partial charge in [0.15, 0.2) is 0 Å². The minimum Gasteiger partial charge on any atom is -0.207 e. The molecule has 0 aliphatic rings. The Kier molecular flexibility index (Phi) is 4.25. The first-order chi connectivity index (χ1) is 7.06. The Hall–Kier alpha value is -0.920. The predicted molar refractivity (Wildman–Crippen MR) is 59.1 cm³/mol. The molecule has 1 rings (SSSR count). The van der Waals surface area contributed by atoms with Crippen LogP contribution < -0.4 is 0 Å². The topological polar surface area (TPSA) is 0 Å². The fraction of sp³-hybridized carbons (Fsp3) is 0.538. The average molecular weight is 212 g/mol. The Balaban J connectivity index is 2.99. The van der Waals surface area contributed by atoms with Gasteiger partial charge in [-0.05, 0) is 36.5 Å². The molecular weight excluding hydrogens is 194 g/mol. The minimum absolute atomic E-state index is 0.161. The van der Waals surface area contributed by atoms with Crippen molar-refractivity contribution in [3.8, 4) is 0 Å². The van der Waals surface area contributed by atoms with Crippen LogP contribution in [0.3, 0.4) is 0 Å². The normalized spacial score (nSPS) is 11.1. The monoisotopic (exact) mass is 212 g/mol. The summed E-state index contributed by atoms with van der Waals surface area (Å²) in [5.74, 6) is -0.631. The molecule has 0 atom stereocenters. The van der Waals surface area contributed by atoms with Crippen LogP contribution in [-0.4, -0.2) is 0 Å². The summed E-state index contributed by atoms with van der Waals surface area (Å²) in [6, 6.07) is 2.91. The highest BCUT2D eigenvalue weighted by atomic mass is 19.1. The number of rotatable bonds is 4. The van der Waals surface area contributed by atoms with Gasteiger partial charge in [0.2, 0.25) is 0 Å². The van der Waals surface area contributed by atoms with Gasteiger partial charge in [-0.25, -0.2) is 8.78 Å². The van der Waals surface area contributed by atoms with E-state index in [-0.39, 0.29) is 11.5 Å². The summed E-state index contributed by atoms with van der Waals surface area (Å²) in [5.41, 5.74) is 0.964. The molecule has 1 aromatic rings. The van der Waals surface area contributed by atoms with Crippen LogP contribution in [0, 0.1) is 11.6 Å². The van der Waals surface area contributed by atoms with Gasteiger partial charge in [0.25, 0.3) is 0 Å². The van der Waals surface area contributed by atoms with Gasteiger partial charge in [-0.2, -0.15) is 0 Å². The summed E-state index contributed by atoms with van der Waals surface area (Å²) >= 11 is 0. The van der Waals surface area contributed by atoms with Crippen molar-refractivity contribution in [1.82, 2.24) is 0 Å². The average Bonchev–Trinajstić information content (AvgIpc) is 2.16. The van der Waals surface area contributed by atoms with E-state index >= 15 is 0 Å². The van der Waals surface area contributed by atoms with E-state index in [0.29, 0.717) is 6.42 Å². The molecule has 0 saturated carbocycles. The standard InChI is InChI=1S/C13H18F2/c1-4-5-6-11-12(14)7-10(9(2)3)8-13(11)15/h7-9H,4-6H2,1-3H3. The number of hydrogen-bond donors (Lipinski definition) is 0. The lowest BCUT2D eigenvalue weighted by atomic mass is 9.98. The summed E-state index contributed by atoms with van der Waals surface area (Å²) in [6.07, 6.45) is 2.27. The van der Waals surface area contributed by atoms with Crippen LogP contribution in [0.4, 0.5) is 8.78 Å². The molecule has 0 saturated heterocycles. The molecule has 0 spiro atoms. The van der Waals surface area contributed by atoms with Gasteiger partial charge in [0.1, 0.15) is 11.6 Å². The smallest absolute Gasteiger partial charge is 0.129 e. The Bertz CT molecular complexity index is 306. The summed E-state index contributed by atoms with van der Waals surface area (Å²) in [4.78, 5) is 0. The SMILES string of the molecule is CCCCc1c(F)cc(C(C)C)cc1F. The molecule has 0 radical (unpaired) electrons. The molecule has 1 aromatic carbocycles. The zero-order chi connectivity index (χ0) is 11.4. The van der Waals surface area contributed by atoms with Crippen molar-refractivity contribution in [2.75, 3.05) is 0 Å². The lowest BCUT2D eigenvalue weighted by Crippen LogP contribution is -1.99. The third-order valence-electron chi connectivity index (χ3n) is 2.61. The maximum Gasteiger partial charge on any atom is 0.129 e. The highest BCUT2D eigenvalue weighted by Gasteiger charge is 2.11. The second kappa shape index (κ2) is 5.24. The highest BCUT2D eigenvalue weighted by molar-refractivity contribution is 5.28. The summed E-state index contributed by atoms with van der Waals surface area (Å²) in [7, 11) is 0. The number of halogens is 2. The molecular formula is C13H18F2. The van der Waals surface area contributed by atoms with E-state index in [0.717, 1.165) is 18.4 Å². The van der Waals surface area contributed by atoms with Crippen molar-refractivity contribution < 1.29 is 8.78 Å². The maximum absolute atomic E-state index is 13.6. The van der Waals surface area contributed by atoms with Gasteiger partial charge in [-0.1, -0.05) is 27.2 Å². The second-order valence-electron chi connectivity index (χ2n) is 4.22. The molecule has 0 aromatic heterocycles. The Morgan fingerprint density at radius 2 is 1.67 bits per heavy atom.